The third-order valence-corrected chi connectivity index (χ3v) is 3.96. The lowest BCUT2D eigenvalue weighted by atomic mass is 10.2. The monoisotopic (exact) mass is 360 g/mol. The van der Waals surface area contributed by atoms with Gasteiger partial charge in [-0.05, 0) is 36.8 Å². The van der Waals surface area contributed by atoms with Crippen LogP contribution in [0, 0.1) is 6.92 Å². The molecule has 7 nitrogen and oxygen atoms in total. The molecule has 0 aliphatic rings. The Morgan fingerprint density at radius 2 is 2.32 bits per heavy atom. The molecular formula is C17H17ClN4O3. The molecule has 1 amide bonds. The van der Waals surface area contributed by atoms with Crippen molar-refractivity contribution >= 4 is 23.3 Å². The molecule has 2 N–H and O–H groups in total. The Kier molecular flexibility index (Phi) is 5.16. The van der Waals surface area contributed by atoms with Crippen molar-refractivity contribution < 1.29 is 14.6 Å². The van der Waals surface area contributed by atoms with Crippen LogP contribution in [-0.2, 0) is 0 Å². The predicted molar refractivity (Wildman–Crippen MR) is 93.0 cm³/mol. The average Bonchev–Trinajstić information content (AvgIpc) is 3.05. The Balaban J connectivity index is 1.50. The molecule has 0 aliphatic carbocycles. The van der Waals surface area contributed by atoms with Crippen molar-refractivity contribution in [3.05, 3.63) is 59.1 Å². The maximum absolute atomic E-state index is 12.1. The van der Waals surface area contributed by atoms with Gasteiger partial charge in [-0.2, -0.15) is 0 Å². The largest absolute Gasteiger partial charge is 0.491 e. The van der Waals surface area contributed by atoms with Crippen molar-refractivity contribution in [3.63, 3.8) is 0 Å². The molecule has 0 spiro atoms. The van der Waals surface area contributed by atoms with Crippen molar-refractivity contribution in [2.75, 3.05) is 13.2 Å². The number of nitrogens with one attached hydrogen (secondary N) is 1. The predicted octanol–water partition coefficient (Wildman–Crippen LogP) is 1.86. The van der Waals surface area contributed by atoms with Gasteiger partial charge in [-0.1, -0.05) is 11.6 Å². The van der Waals surface area contributed by atoms with Gasteiger partial charge in [0.25, 0.3) is 5.91 Å². The molecule has 0 bridgehead atoms. The number of aliphatic hydroxyl groups excluding tert-OH is 1. The maximum atomic E-state index is 12.1. The van der Waals surface area contributed by atoms with Gasteiger partial charge in [0.15, 0.2) is 0 Å². The Morgan fingerprint density at radius 1 is 1.48 bits per heavy atom. The Morgan fingerprint density at radius 3 is 3.08 bits per heavy atom. The number of ether oxygens (including phenoxy) is 1. The summed E-state index contributed by atoms with van der Waals surface area (Å²) in [5.41, 5.74) is 1.13. The fourth-order valence-electron chi connectivity index (χ4n) is 2.20. The smallest absolute Gasteiger partial charge is 0.271 e. The fourth-order valence-corrected chi connectivity index (χ4v) is 2.32. The minimum Gasteiger partial charge on any atom is -0.491 e. The van der Waals surface area contributed by atoms with Crippen molar-refractivity contribution in [2.45, 2.75) is 13.0 Å². The van der Waals surface area contributed by atoms with Crippen LogP contribution in [-0.4, -0.2) is 44.6 Å². The standard InChI is InChI=1S/C17H17ClN4O3/c1-11-7-13(3-4-14(11)18)25-10-12(23)8-20-16(24)15-9-22-6-2-5-19-17(22)21-15/h2-7,9,12,23H,8,10H2,1H3,(H,20,24)/t12-/m0/s1. The van der Waals surface area contributed by atoms with Crippen LogP contribution in [0.2, 0.25) is 5.02 Å². The van der Waals surface area contributed by atoms with Gasteiger partial charge in [0, 0.05) is 30.2 Å². The number of fused-ring (bicyclic) bond motifs is 1. The second-order valence-electron chi connectivity index (χ2n) is 5.54. The summed E-state index contributed by atoms with van der Waals surface area (Å²) >= 11 is 5.95. The van der Waals surface area contributed by atoms with Crippen LogP contribution in [0.5, 0.6) is 5.75 Å². The zero-order valence-electron chi connectivity index (χ0n) is 13.5. The van der Waals surface area contributed by atoms with Crippen LogP contribution in [0.3, 0.4) is 0 Å². The van der Waals surface area contributed by atoms with Gasteiger partial charge in [-0.3, -0.25) is 9.20 Å². The molecule has 3 rings (SSSR count). The van der Waals surface area contributed by atoms with Crippen molar-refractivity contribution in [3.8, 4) is 5.75 Å². The van der Waals surface area contributed by atoms with E-state index in [-0.39, 0.29) is 24.8 Å². The number of halogens is 1. The van der Waals surface area contributed by atoms with Crippen LogP contribution in [0.4, 0.5) is 0 Å². The molecule has 1 aromatic carbocycles. The number of aromatic nitrogens is 3. The Bertz CT molecular complexity index is 863. The minimum absolute atomic E-state index is 0.0483. The topological polar surface area (TPSA) is 88.8 Å². The lowest BCUT2D eigenvalue weighted by Gasteiger charge is -2.13. The van der Waals surface area contributed by atoms with E-state index in [0.29, 0.717) is 16.5 Å². The lowest BCUT2D eigenvalue weighted by molar-refractivity contribution is 0.0840. The van der Waals surface area contributed by atoms with E-state index in [1.165, 1.54) is 0 Å². The van der Waals surface area contributed by atoms with Gasteiger partial charge in [-0.25, -0.2) is 9.97 Å². The number of hydrogen-bond acceptors (Lipinski definition) is 5. The zero-order valence-corrected chi connectivity index (χ0v) is 14.3. The maximum Gasteiger partial charge on any atom is 0.271 e. The minimum atomic E-state index is -0.852. The van der Waals surface area contributed by atoms with Gasteiger partial charge in [0.1, 0.15) is 24.2 Å². The Hall–Kier alpha value is -2.64. The quantitative estimate of drug-likeness (QED) is 0.700. The molecule has 0 saturated heterocycles. The van der Waals surface area contributed by atoms with E-state index in [4.69, 9.17) is 16.3 Å². The molecule has 0 aliphatic heterocycles. The van der Waals surface area contributed by atoms with Crippen LogP contribution < -0.4 is 10.1 Å². The van der Waals surface area contributed by atoms with Gasteiger partial charge in [-0.15, -0.1) is 0 Å². The van der Waals surface area contributed by atoms with Crippen LogP contribution in [0.25, 0.3) is 5.78 Å². The van der Waals surface area contributed by atoms with E-state index in [9.17, 15) is 9.90 Å². The molecular weight excluding hydrogens is 344 g/mol. The van der Waals surface area contributed by atoms with E-state index in [0.717, 1.165) is 5.56 Å². The van der Waals surface area contributed by atoms with Crippen LogP contribution in [0.15, 0.2) is 42.9 Å². The SMILES string of the molecule is Cc1cc(OC[C@@H](O)CNC(=O)c2cn3cccnc3n2)ccc1Cl. The van der Waals surface area contributed by atoms with Gasteiger partial charge < -0.3 is 15.2 Å². The summed E-state index contributed by atoms with van der Waals surface area (Å²) in [4.78, 5) is 20.3. The fraction of sp³-hybridized carbons (Fsp3) is 0.235. The number of carbonyl (C=O) groups excluding carboxylic acids is 1. The van der Waals surface area contributed by atoms with Gasteiger partial charge in [0.2, 0.25) is 5.78 Å². The second-order valence-corrected chi connectivity index (χ2v) is 5.95. The molecule has 2 heterocycles. The third-order valence-electron chi connectivity index (χ3n) is 3.54. The van der Waals surface area contributed by atoms with E-state index in [2.05, 4.69) is 15.3 Å². The number of carbonyl (C=O) groups is 1. The van der Waals surface area contributed by atoms with Crippen molar-refractivity contribution in [1.82, 2.24) is 19.7 Å². The summed E-state index contributed by atoms with van der Waals surface area (Å²) in [6, 6.07) is 7.00. The highest BCUT2D eigenvalue weighted by Gasteiger charge is 2.13. The number of aryl methyl sites for hydroxylation is 1. The number of imidazole rings is 1. The summed E-state index contributed by atoms with van der Waals surface area (Å²) in [5, 5.41) is 13.2. The summed E-state index contributed by atoms with van der Waals surface area (Å²) < 4.78 is 7.15. The third kappa shape index (κ3) is 4.26. The molecule has 25 heavy (non-hydrogen) atoms. The normalized spacial score (nSPS) is 12.1. The first kappa shape index (κ1) is 17.2. The first-order chi connectivity index (χ1) is 12.0. The zero-order chi connectivity index (χ0) is 17.8. The number of nitrogens with zero attached hydrogens (tertiary/aromatic N) is 3. The summed E-state index contributed by atoms with van der Waals surface area (Å²) in [6.07, 6.45) is 4.08. The molecule has 8 heteroatoms. The highest BCUT2D eigenvalue weighted by atomic mass is 35.5. The van der Waals surface area contributed by atoms with Crippen molar-refractivity contribution in [1.29, 1.82) is 0 Å². The molecule has 130 valence electrons. The highest BCUT2D eigenvalue weighted by molar-refractivity contribution is 6.31. The summed E-state index contributed by atoms with van der Waals surface area (Å²) in [7, 11) is 0. The molecule has 1 atom stereocenters. The van der Waals surface area contributed by atoms with E-state index in [1.807, 2.05) is 6.92 Å². The molecule has 0 saturated carbocycles. The second kappa shape index (κ2) is 7.50. The number of benzene rings is 1. The van der Waals surface area contributed by atoms with Gasteiger partial charge >= 0.3 is 0 Å². The average molecular weight is 361 g/mol. The number of aliphatic hydroxyl groups is 1. The lowest BCUT2D eigenvalue weighted by Crippen LogP contribution is -2.35. The molecule has 0 unspecified atom stereocenters. The van der Waals surface area contributed by atoms with Crippen LogP contribution >= 0.6 is 11.6 Å². The number of hydrogen-bond donors (Lipinski definition) is 2. The summed E-state index contributed by atoms with van der Waals surface area (Å²) in [5.74, 6) is 0.667. The number of rotatable bonds is 6. The highest BCUT2D eigenvalue weighted by Crippen LogP contribution is 2.21. The summed E-state index contributed by atoms with van der Waals surface area (Å²) in [6.45, 7) is 1.97. The van der Waals surface area contributed by atoms with Crippen LogP contribution in [0.1, 0.15) is 16.1 Å². The molecule has 0 radical (unpaired) electrons. The van der Waals surface area contributed by atoms with E-state index < -0.39 is 6.10 Å². The van der Waals surface area contributed by atoms with E-state index in [1.54, 1.807) is 47.3 Å². The Labute approximate surface area is 149 Å². The van der Waals surface area contributed by atoms with Crippen molar-refractivity contribution in [2.24, 2.45) is 0 Å². The first-order valence-electron chi connectivity index (χ1n) is 7.68. The molecule has 0 fully saturated rings. The molecule has 3 aromatic rings. The number of amides is 1. The van der Waals surface area contributed by atoms with E-state index >= 15 is 0 Å². The molecule has 2 aromatic heterocycles. The first-order valence-corrected chi connectivity index (χ1v) is 8.05. The van der Waals surface area contributed by atoms with Gasteiger partial charge in [0.05, 0.1) is 0 Å².